The second-order valence-electron chi connectivity index (χ2n) is 4.20. The van der Waals surface area contributed by atoms with Crippen LogP contribution in [0.1, 0.15) is 30.3 Å². The highest BCUT2D eigenvalue weighted by Gasteiger charge is 2.11. The molecule has 7 heteroatoms. The van der Waals surface area contributed by atoms with Crippen LogP contribution in [0.2, 0.25) is 4.34 Å². The Kier molecular flexibility index (Phi) is 4.92. The number of unbranched alkanes of at least 4 members (excludes halogenated alkanes) is 1. The molecule has 1 amide bonds. The number of aromatic amines is 1. The molecule has 0 saturated carbocycles. The van der Waals surface area contributed by atoms with Gasteiger partial charge in [0.05, 0.1) is 14.9 Å². The Bertz CT molecular complexity index is 666. The van der Waals surface area contributed by atoms with Crippen molar-refractivity contribution in [2.45, 2.75) is 19.8 Å². The highest BCUT2D eigenvalue weighted by atomic mass is 35.5. The lowest BCUT2D eigenvalue weighted by Gasteiger charge is -2.04. The van der Waals surface area contributed by atoms with Gasteiger partial charge in [-0.05, 0) is 24.6 Å². The average Bonchev–Trinajstić information content (AvgIpc) is 2.85. The number of carbonyl (C=O) groups is 1. The van der Waals surface area contributed by atoms with Gasteiger partial charge in [0.25, 0.3) is 5.91 Å². The average molecular weight is 312 g/mol. The lowest BCUT2D eigenvalue weighted by atomic mass is 10.2. The first-order valence-corrected chi connectivity index (χ1v) is 7.45. The van der Waals surface area contributed by atoms with E-state index in [2.05, 4.69) is 15.3 Å². The van der Waals surface area contributed by atoms with Gasteiger partial charge in [-0.2, -0.15) is 4.98 Å². The number of thiophene rings is 1. The fourth-order valence-corrected chi connectivity index (χ4v) is 2.65. The summed E-state index contributed by atoms with van der Waals surface area (Å²) in [6.45, 7) is 2.61. The standard InChI is InChI=1S/C13H14ClN3O2S/c1-2-3-6-15-12(18)9-7-8(16-13(19)17-9)10-4-5-11(14)20-10/h4-5,7H,2-3,6H2,1H3,(H,15,18)(H,16,17,19). The summed E-state index contributed by atoms with van der Waals surface area (Å²) >= 11 is 7.20. The van der Waals surface area contributed by atoms with E-state index >= 15 is 0 Å². The van der Waals surface area contributed by atoms with E-state index in [0.29, 0.717) is 16.6 Å². The molecule has 5 nitrogen and oxygen atoms in total. The van der Waals surface area contributed by atoms with Crippen molar-refractivity contribution in [3.8, 4) is 10.6 Å². The highest BCUT2D eigenvalue weighted by molar-refractivity contribution is 7.19. The number of aromatic nitrogens is 2. The van der Waals surface area contributed by atoms with E-state index in [-0.39, 0.29) is 11.6 Å². The van der Waals surface area contributed by atoms with Gasteiger partial charge < -0.3 is 10.3 Å². The van der Waals surface area contributed by atoms with Crippen molar-refractivity contribution in [3.63, 3.8) is 0 Å². The molecule has 2 aromatic heterocycles. The van der Waals surface area contributed by atoms with Crippen LogP contribution in [0, 0.1) is 0 Å². The fourth-order valence-electron chi connectivity index (χ4n) is 1.63. The van der Waals surface area contributed by atoms with Crippen LogP contribution in [-0.2, 0) is 0 Å². The fraction of sp³-hybridized carbons (Fsp3) is 0.308. The van der Waals surface area contributed by atoms with Crippen LogP contribution in [0.25, 0.3) is 10.6 Å². The van der Waals surface area contributed by atoms with E-state index in [4.69, 9.17) is 11.6 Å². The number of halogens is 1. The molecule has 0 saturated heterocycles. The summed E-state index contributed by atoms with van der Waals surface area (Å²) in [6, 6.07) is 5.09. The summed E-state index contributed by atoms with van der Waals surface area (Å²) in [6.07, 6.45) is 1.88. The first-order chi connectivity index (χ1) is 9.60. The topological polar surface area (TPSA) is 74.8 Å². The molecular weight excluding hydrogens is 298 g/mol. The zero-order valence-corrected chi connectivity index (χ0v) is 12.5. The van der Waals surface area contributed by atoms with E-state index in [1.807, 2.05) is 6.92 Å². The second kappa shape index (κ2) is 6.67. The minimum absolute atomic E-state index is 0.115. The summed E-state index contributed by atoms with van der Waals surface area (Å²) in [5, 5.41) is 2.73. The van der Waals surface area contributed by atoms with Gasteiger partial charge in [-0.25, -0.2) is 4.79 Å². The molecule has 106 valence electrons. The molecule has 0 atom stereocenters. The SMILES string of the molecule is CCCCNC(=O)c1cc(-c2ccc(Cl)s2)[nH]c(=O)n1. The van der Waals surface area contributed by atoms with Crippen molar-refractivity contribution in [2.75, 3.05) is 6.54 Å². The molecule has 20 heavy (non-hydrogen) atoms. The van der Waals surface area contributed by atoms with E-state index in [9.17, 15) is 9.59 Å². The molecule has 0 aromatic carbocycles. The van der Waals surface area contributed by atoms with Crippen molar-refractivity contribution in [3.05, 3.63) is 38.7 Å². The highest BCUT2D eigenvalue weighted by Crippen LogP contribution is 2.29. The Morgan fingerprint density at radius 1 is 1.50 bits per heavy atom. The molecule has 0 bridgehead atoms. The van der Waals surface area contributed by atoms with Crippen molar-refractivity contribution in [1.82, 2.24) is 15.3 Å². The van der Waals surface area contributed by atoms with Crippen molar-refractivity contribution >= 4 is 28.8 Å². The molecule has 0 aliphatic carbocycles. The maximum absolute atomic E-state index is 11.9. The third-order valence-corrected chi connectivity index (χ3v) is 3.90. The third-order valence-electron chi connectivity index (χ3n) is 2.63. The number of amides is 1. The molecule has 0 spiro atoms. The Morgan fingerprint density at radius 3 is 2.95 bits per heavy atom. The van der Waals surface area contributed by atoms with Gasteiger partial charge in [-0.15, -0.1) is 11.3 Å². The van der Waals surface area contributed by atoms with Crippen LogP contribution in [0.3, 0.4) is 0 Å². The minimum atomic E-state index is -0.548. The Balaban J connectivity index is 2.25. The molecule has 0 aliphatic rings. The molecule has 0 unspecified atom stereocenters. The van der Waals surface area contributed by atoms with E-state index in [1.165, 1.54) is 11.3 Å². The number of carbonyl (C=O) groups excluding carboxylic acids is 1. The van der Waals surface area contributed by atoms with E-state index in [0.717, 1.165) is 17.7 Å². The number of nitrogens with one attached hydrogen (secondary N) is 2. The zero-order valence-electron chi connectivity index (χ0n) is 10.9. The molecule has 2 rings (SSSR count). The molecule has 0 fully saturated rings. The third kappa shape index (κ3) is 3.68. The van der Waals surface area contributed by atoms with Gasteiger partial charge in [0.1, 0.15) is 5.69 Å². The van der Waals surface area contributed by atoms with Crippen LogP contribution in [0.4, 0.5) is 0 Å². The molecule has 2 N–H and O–H groups in total. The first-order valence-electron chi connectivity index (χ1n) is 6.25. The van der Waals surface area contributed by atoms with Crippen molar-refractivity contribution in [1.29, 1.82) is 0 Å². The molecular formula is C13H14ClN3O2S. The maximum Gasteiger partial charge on any atom is 0.346 e. The number of nitrogens with zero attached hydrogens (tertiary/aromatic N) is 1. The Morgan fingerprint density at radius 2 is 2.30 bits per heavy atom. The number of rotatable bonds is 5. The lowest BCUT2D eigenvalue weighted by Crippen LogP contribution is -2.28. The summed E-state index contributed by atoms with van der Waals surface area (Å²) in [7, 11) is 0. The second-order valence-corrected chi connectivity index (χ2v) is 5.91. The molecule has 2 heterocycles. The lowest BCUT2D eigenvalue weighted by molar-refractivity contribution is 0.0947. The van der Waals surface area contributed by atoms with Gasteiger partial charge >= 0.3 is 5.69 Å². The predicted molar refractivity (Wildman–Crippen MR) is 80.4 cm³/mol. The maximum atomic E-state index is 11.9. The first kappa shape index (κ1) is 14.7. The Hall–Kier alpha value is -1.66. The van der Waals surface area contributed by atoms with Crippen LogP contribution >= 0.6 is 22.9 Å². The minimum Gasteiger partial charge on any atom is -0.351 e. The van der Waals surface area contributed by atoms with E-state index < -0.39 is 5.69 Å². The van der Waals surface area contributed by atoms with Crippen LogP contribution in [0.5, 0.6) is 0 Å². The monoisotopic (exact) mass is 311 g/mol. The van der Waals surface area contributed by atoms with Crippen LogP contribution < -0.4 is 11.0 Å². The van der Waals surface area contributed by atoms with E-state index in [1.54, 1.807) is 18.2 Å². The summed E-state index contributed by atoms with van der Waals surface area (Å²) in [5.74, 6) is -0.339. The van der Waals surface area contributed by atoms with Gasteiger partial charge in [-0.3, -0.25) is 4.79 Å². The van der Waals surface area contributed by atoms with Gasteiger partial charge in [0.15, 0.2) is 0 Å². The van der Waals surface area contributed by atoms with Gasteiger partial charge in [-0.1, -0.05) is 24.9 Å². The van der Waals surface area contributed by atoms with Gasteiger partial charge in [0.2, 0.25) is 0 Å². The largest absolute Gasteiger partial charge is 0.351 e. The summed E-state index contributed by atoms with van der Waals surface area (Å²) in [4.78, 5) is 30.5. The smallest absolute Gasteiger partial charge is 0.346 e. The predicted octanol–water partition coefficient (Wildman–Crippen LogP) is 2.68. The number of hydrogen-bond acceptors (Lipinski definition) is 4. The van der Waals surface area contributed by atoms with Gasteiger partial charge in [0, 0.05) is 6.54 Å². The van der Waals surface area contributed by atoms with Crippen molar-refractivity contribution in [2.24, 2.45) is 0 Å². The van der Waals surface area contributed by atoms with Crippen LogP contribution in [-0.4, -0.2) is 22.4 Å². The molecule has 2 aromatic rings. The summed E-state index contributed by atoms with van der Waals surface area (Å²) in [5.41, 5.74) is 0.111. The number of H-pyrrole nitrogens is 1. The number of hydrogen-bond donors (Lipinski definition) is 2. The van der Waals surface area contributed by atoms with Crippen LogP contribution in [0.15, 0.2) is 23.0 Å². The Labute approximate surface area is 125 Å². The molecule has 0 radical (unpaired) electrons. The quantitative estimate of drug-likeness (QED) is 0.834. The normalized spacial score (nSPS) is 10.5. The van der Waals surface area contributed by atoms with Crippen molar-refractivity contribution < 1.29 is 4.79 Å². The zero-order chi connectivity index (χ0) is 14.5. The molecule has 0 aliphatic heterocycles. The summed E-state index contributed by atoms with van der Waals surface area (Å²) < 4.78 is 0.617.